The first-order valence-electron chi connectivity index (χ1n) is 11.5. The van der Waals surface area contributed by atoms with Gasteiger partial charge in [0.1, 0.15) is 6.04 Å². The molecule has 4 rings (SSSR count). The Labute approximate surface area is 229 Å². The first kappa shape index (κ1) is 26.7. The number of aliphatic carboxylic acids is 1. The average molecular weight is 558 g/mol. The zero-order chi connectivity index (χ0) is 26.5. The molecule has 0 bridgehead atoms. The molecule has 0 radical (unpaired) electrons. The molecule has 1 aliphatic heterocycles. The van der Waals surface area contributed by atoms with Gasteiger partial charge in [0.15, 0.2) is 0 Å². The number of benzene rings is 3. The van der Waals surface area contributed by atoms with Crippen molar-refractivity contribution >= 4 is 58.2 Å². The quantitative estimate of drug-likeness (QED) is 0.373. The van der Waals surface area contributed by atoms with E-state index in [2.05, 4.69) is 5.32 Å². The molecule has 1 heterocycles. The molecule has 0 spiro atoms. The molecule has 190 valence electrons. The Balaban J connectivity index is 1.40. The molecule has 3 aromatic rings. The Hall–Kier alpha value is -3.32. The van der Waals surface area contributed by atoms with Crippen molar-refractivity contribution in [1.82, 2.24) is 10.2 Å². The van der Waals surface area contributed by atoms with E-state index >= 15 is 0 Å². The van der Waals surface area contributed by atoms with E-state index in [1.165, 1.54) is 12.1 Å². The summed E-state index contributed by atoms with van der Waals surface area (Å²) in [6.45, 7) is 1.07. The molecule has 0 aromatic heterocycles. The zero-order valence-electron chi connectivity index (χ0n) is 19.6. The molecule has 1 atom stereocenters. The van der Waals surface area contributed by atoms with Crippen molar-refractivity contribution in [2.75, 3.05) is 13.1 Å². The number of amides is 2. The normalized spacial score (nSPS) is 14.0. The number of nitrogens with one attached hydrogen (secondary N) is 1. The fourth-order valence-corrected chi connectivity index (χ4v) is 4.92. The van der Waals surface area contributed by atoms with Crippen LogP contribution in [0.15, 0.2) is 72.8 Å². The van der Waals surface area contributed by atoms with Gasteiger partial charge in [-0.15, -0.1) is 0 Å². The maximum atomic E-state index is 12.7. The number of hydrogen-bond acceptors (Lipinski definition) is 3. The molecule has 2 amide bonds. The lowest BCUT2D eigenvalue weighted by Gasteiger charge is -2.27. The monoisotopic (exact) mass is 556 g/mol. The summed E-state index contributed by atoms with van der Waals surface area (Å²) in [7, 11) is 0. The smallest absolute Gasteiger partial charge is 0.326 e. The van der Waals surface area contributed by atoms with Crippen LogP contribution < -0.4 is 5.32 Å². The van der Waals surface area contributed by atoms with Gasteiger partial charge >= 0.3 is 5.97 Å². The Bertz CT molecular complexity index is 1350. The molecule has 6 nitrogen and oxygen atoms in total. The molecule has 0 fully saturated rings. The van der Waals surface area contributed by atoms with Gasteiger partial charge in [0.25, 0.3) is 11.8 Å². The first-order chi connectivity index (χ1) is 17.7. The van der Waals surface area contributed by atoms with Crippen LogP contribution in [0.25, 0.3) is 5.57 Å². The summed E-state index contributed by atoms with van der Waals surface area (Å²) in [5.41, 5.74) is 3.46. The summed E-state index contributed by atoms with van der Waals surface area (Å²) < 4.78 is 0. The Morgan fingerprint density at radius 2 is 1.62 bits per heavy atom. The predicted octanol–water partition coefficient (Wildman–Crippen LogP) is 6.00. The van der Waals surface area contributed by atoms with Gasteiger partial charge in [-0.1, -0.05) is 77.3 Å². The molecular weight excluding hydrogens is 535 g/mol. The highest BCUT2D eigenvalue weighted by atomic mass is 35.5. The van der Waals surface area contributed by atoms with E-state index in [9.17, 15) is 19.5 Å². The third-order valence-corrected chi connectivity index (χ3v) is 6.99. The standard InChI is InChI=1S/C28H23Cl3N2O4/c29-21-4-1-3-20(16-21)27(35)33-13-11-19(12-14-33)18-9-7-17(8-10-18)15-24(28(36)37)32-26(34)25-22(30)5-2-6-23(25)31/h1-11,16,24H,12-15H2,(H,32,34)(H,36,37)/t24-/m0/s1. The molecule has 0 saturated heterocycles. The number of carboxylic acid groups (broad SMARTS) is 1. The van der Waals surface area contributed by atoms with Crippen molar-refractivity contribution in [2.24, 2.45) is 0 Å². The van der Waals surface area contributed by atoms with Crippen LogP contribution in [-0.2, 0) is 11.2 Å². The summed E-state index contributed by atoms with van der Waals surface area (Å²) >= 11 is 18.2. The van der Waals surface area contributed by atoms with Crippen molar-refractivity contribution in [3.8, 4) is 0 Å². The third-order valence-electron chi connectivity index (χ3n) is 6.13. The third kappa shape index (κ3) is 6.52. The first-order valence-corrected chi connectivity index (χ1v) is 12.7. The van der Waals surface area contributed by atoms with Gasteiger partial charge in [0, 0.05) is 30.1 Å². The maximum absolute atomic E-state index is 12.7. The number of hydrogen-bond donors (Lipinski definition) is 2. The SMILES string of the molecule is O=C(N[C@@H](Cc1ccc(C2=CCN(C(=O)c3cccc(Cl)c3)CC2)cc1)C(=O)O)c1c(Cl)cccc1Cl. The van der Waals surface area contributed by atoms with Crippen LogP contribution >= 0.6 is 34.8 Å². The molecule has 0 saturated carbocycles. The second-order valence-electron chi connectivity index (χ2n) is 8.60. The summed E-state index contributed by atoms with van der Waals surface area (Å²) in [6.07, 6.45) is 2.80. The van der Waals surface area contributed by atoms with Gasteiger partial charge in [-0.3, -0.25) is 9.59 Å². The highest BCUT2D eigenvalue weighted by Gasteiger charge is 2.24. The summed E-state index contributed by atoms with van der Waals surface area (Å²) in [5.74, 6) is -1.88. The van der Waals surface area contributed by atoms with E-state index in [0.717, 1.165) is 16.7 Å². The van der Waals surface area contributed by atoms with Crippen LogP contribution in [0.3, 0.4) is 0 Å². The minimum atomic E-state index is -1.17. The van der Waals surface area contributed by atoms with Crippen molar-refractivity contribution in [3.05, 3.63) is 110 Å². The van der Waals surface area contributed by atoms with Gasteiger partial charge in [-0.2, -0.15) is 0 Å². The fourth-order valence-electron chi connectivity index (χ4n) is 4.16. The van der Waals surface area contributed by atoms with E-state index in [1.54, 1.807) is 35.2 Å². The topological polar surface area (TPSA) is 86.7 Å². The minimum absolute atomic E-state index is 0.0413. The van der Waals surface area contributed by atoms with E-state index in [-0.39, 0.29) is 27.9 Å². The Morgan fingerprint density at radius 3 is 2.22 bits per heavy atom. The van der Waals surface area contributed by atoms with Gasteiger partial charge in [-0.05, 0) is 53.5 Å². The Kier molecular flexibility index (Phi) is 8.54. The number of carbonyl (C=O) groups excluding carboxylic acids is 2. The number of halogens is 3. The zero-order valence-corrected chi connectivity index (χ0v) is 21.9. The number of rotatable bonds is 7. The van der Waals surface area contributed by atoms with Crippen LogP contribution in [-0.4, -0.2) is 46.9 Å². The second-order valence-corrected chi connectivity index (χ2v) is 9.85. The summed E-state index contributed by atoms with van der Waals surface area (Å²) in [6, 6.07) is 17.9. The maximum Gasteiger partial charge on any atom is 0.326 e. The number of carbonyl (C=O) groups is 3. The molecule has 9 heteroatoms. The van der Waals surface area contributed by atoms with Crippen molar-refractivity contribution < 1.29 is 19.5 Å². The second kappa shape index (κ2) is 11.8. The van der Waals surface area contributed by atoms with Crippen molar-refractivity contribution in [3.63, 3.8) is 0 Å². The van der Waals surface area contributed by atoms with Crippen LogP contribution in [0.1, 0.15) is 38.3 Å². The van der Waals surface area contributed by atoms with E-state index in [4.69, 9.17) is 34.8 Å². The molecule has 0 unspecified atom stereocenters. The highest BCUT2D eigenvalue weighted by Crippen LogP contribution is 2.26. The van der Waals surface area contributed by atoms with E-state index < -0.39 is 17.9 Å². The Morgan fingerprint density at radius 1 is 0.946 bits per heavy atom. The molecule has 2 N–H and O–H groups in total. The summed E-state index contributed by atoms with van der Waals surface area (Å²) in [5, 5.41) is 13.0. The van der Waals surface area contributed by atoms with Crippen LogP contribution in [0, 0.1) is 0 Å². The number of carboxylic acids is 1. The molecule has 3 aromatic carbocycles. The van der Waals surface area contributed by atoms with Gasteiger partial charge in [-0.25, -0.2) is 4.79 Å². The van der Waals surface area contributed by atoms with E-state index in [0.29, 0.717) is 30.1 Å². The molecule has 1 aliphatic rings. The number of nitrogens with zero attached hydrogens (tertiary/aromatic N) is 1. The lowest BCUT2D eigenvalue weighted by atomic mass is 9.96. The van der Waals surface area contributed by atoms with Crippen LogP contribution in [0.5, 0.6) is 0 Å². The van der Waals surface area contributed by atoms with Gasteiger partial charge in [0.05, 0.1) is 15.6 Å². The lowest BCUT2D eigenvalue weighted by molar-refractivity contribution is -0.139. The lowest BCUT2D eigenvalue weighted by Crippen LogP contribution is -2.42. The van der Waals surface area contributed by atoms with Gasteiger partial charge < -0.3 is 15.3 Å². The minimum Gasteiger partial charge on any atom is -0.480 e. The highest BCUT2D eigenvalue weighted by molar-refractivity contribution is 6.39. The van der Waals surface area contributed by atoms with Crippen LogP contribution in [0.2, 0.25) is 15.1 Å². The fraction of sp³-hybridized carbons (Fsp3) is 0.179. The largest absolute Gasteiger partial charge is 0.480 e. The molecular formula is C28H23Cl3N2O4. The van der Waals surface area contributed by atoms with Gasteiger partial charge in [0.2, 0.25) is 0 Å². The van der Waals surface area contributed by atoms with E-state index in [1.807, 2.05) is 30.3 Å². The predicted molar refractivity (Wildman–Crippen MR) is 145 cm³/mol. The molecule has 37 heavy (non-hydrogen) atoms. The van der Waals surface area contributed by atoms with Crippen molar-refractivity contribution in [1.29, 1.82) is 0 Å². The van der Waals surface area contributed by atoms with Crippen molar-refractivity contribution in [2.45, 2.75) is 18.9 Å². The molecule has 0 aliphatic carbocycles. The summed E-state index contributed by atoms with van der Waals surface area (Å²) in [4.78, 5) is 39.0. The van der Waals surface area contributed by atoms with Crippen LogP contribution in [0.4, 0.5) is 0 Å². The average Bonchev–Trinajstić information content (AvgIpc) is 2.88.